The number of halogens is 1. The van der Waals surface area contributed by atoms with E-state index in [1.165, 1.54) is 4.90 Å². The molecule has 180 valence electrons. The van der Waals surface area contributed by atoms with Crippen LogP contribution in [0, 0.1) is 11.8 Å². The van der Waals surface area contributed by atoms with Crippen molar-refractivity contribution in [2.24, 2.45) is 11.8 Å². The van der Waals surface area contributed by atoms with E-state index in [2.05, 4.69) is 26.6 Å². The quantitative estimate of drug-likeness (QED) is 0.475. The normalized spacial score (nSPS) is 31.7. The van der Waals surface area contributed by atoms with Gasteiger partial charge in [-0.2, -0.15) is 0 Å². The molecule has 3 amide bonds. The first-order valence-electron chi connectivity index (χ1n) is 11.7. The number of aliphatic hydroxyl groups excluding tert-OH is 1. The summed E-state index contributed by atoms with van der Waals surface area (Å²) in [4.78, 5) is 41.5. The molecule has 0 radical (unpaired) electrons. The van der Waals surface area contributed by atoms with Gasteiger partial charge in [0.05, 0.1) is 24.5 Å². The van der Waals surface area contributed by atoms with Gasteiger partial charge in [-0.1, -0.05) is 53.2 Å². The van der Waals surface area contributed by atoms with Gasteiger partial charge in [-0.3, -0.25) is 14.4 Å². The van der Waals surface area contributed by atoms with Crippen molar-refractivity contribution in [1.29, 1.82) is 0 Å². The van der Waals surface area contributed by atoms with Gasteiger partial charge in [0.2, 0.25) is 17.7 Å². The highest BCUT2D eigenvalue weighted by Crippen LogP contribution is 2.60. The topological polar surface area (TPSA) is 108 Å². The number of benzene rings is 2. The SMILES string of the molecule is CCCNC(=O)[C@H]1[C@@H]2OC3(CC2Br)C(C(=O)Nc2ccc4ccccc4c2)N(CCO)C(=O)[C@H]13. The Bertz CT molecular complexity index is 1140. The van der Waals surface area contributed by atoms with Crippen molar-refractivity contribution in [3.8, 4) is 0 Å². The molecular weight excluding hydrogens is 502 g/mol. The minimum absolute atomic E-state index is 0.00281. The molecule has 5 rings (SSSR count). The lowest BCUT2D eigenvalue weighted by atomic mass is 9.70. The fourth-order valence-electron chi connectivity index (χ4n) is 5.92. The Labute approximate surface area is 206 Å². The number of β-amino-alcohol motifs (C(OH)–C–C–N with tert-alkyl or cyclic N) is 1. The summed E-state index contributed by atoms with van der Waals surface area (Å²) in [7, 11) is 0. The number of nitrogens with zero attached hydrogens (tertiary/aromatic N) is 1. The number of anilines is 1. The first-order valence-corrected chi connectivity index (χ1v) is 12.6. The van der Waals surface area contributed by atoms with E-state index in [1.54, 1.807) is 0 Å². The maximum absolute atomic E-state index is 13.7. The Kier molecular flexibility index (Phi) is 6.12. The van der Waals surface area contributed by atoms with E-state index >= 15 is 0 Å². The molecule has 3 N–H and O–H groups in total. The molecule has 6 atom stereocenters. The summed E-state index contributed by atoms with van der Waals surface area (Å²) < 4.78 is 6.39. The highest BCUT2D eigenvalue weighted by atomic mass is 79.9. The second kappa shape index (κ2) is 8.94. The Balaban J connectivity index is 1.48. The van der Waals surface area contributed by atoms with Gasteiger partial charge >= 0.3 is 0 Å². The molecule has 3 unspecified atom stereocenters. The molecule has 2 bridgehead atoms. The predicted octanol–water partition coefficient (Wildman–Crippen LogP) is 2.04. The highest BCUT2D eigenvalue weighted by Gasteiger charge is 2.76. The Morgan fingerprint density at radius 3 is 2.71 bits per heavy atom. The third kappa shape index (κ3) is 3.52. The van der Waals surface area contributed by atoms with Crippen molar-refractivity contribution >= 4 is 50.1 Å². The average molecular weight is 530 g/mol. The van der Waals surface area contributed by atoms with E-state index in [-0.39, 0.29) is 35.7 Å². The van der Waals surface area contributed by atoms with Crippen LogP contribution < -0.4 is 10.6 Å². The minimum Gasteiger partial charge on any atom is -0.395 e. The molecule has 0 saturated carbocycles. The number of carbonyl (C=O) groups is 3. The largest absolute Gasteiger partial charge is 0.395 e. The summed E-state index contributed by atoms with van der Waals surface area (Å²) in [6, 6.07) is 12.5. The molecular formula is C25H28BrN3O5. The molecule has 3 fully saturated rings. The monoisotopic (exact) mass is 529 g/mol. The number of hydrogen-bond acceptors (Lipinski definition) is 5. The van der Waals surface area contributed by atoms with Gasteiger partial charge in [-0.05, 0) is 35.7 Å². The lowest BCUT2D eigenvalue weighted by molar-refractivity contribution is -0.141. The number of alkyl halides is 1. The van der Waals surface area contributed by atoms with Crippen molar-refractivity contribution in [2.45, 2.75) is 42.3 Å². The summed E-state index contributed by atoms with van der Waals surface area (Å²) in [5.41, 5.74) is -0.514. The van der Waals surface area contributed by atoms with E-state index in [1.807, 2.05) is 49.4 Å². The summed E-state index contributed by atoms with van der Waals surface area (Å²) in [5, 5.41) is 17.6. The van der Waals surface area contributed by atoms with Crippen molar-refractivity contribution in [3.05, 3.63) is 42.5 Å². The number of nitrogens with one attached hydrogen (secondary N) is 2. The molecule has 3 aliphatic heterocycles. The van der Waals surface area contributed by atoms with E-state index in [0.29, 0.717) is 18.7 Å². The van der Waals surface area contributed by atoms with Crippen LogP contribution in [0.1, 0.15) is 19.8 Å². The predicted molar refractivity (Wildman–Crippen MR) is 130 cm³/mol. The van der Waals surface area contributed by atoms with E-state index < -0.39 is 29.6 Å². The third-order valence-electron chi connectivity index (χ3n) is 7.25. The lowest BCUT2D eigenvalue weighted by Gasteiger charge is -2.34. The molecule has 8 nitrogen and oxygen atoms in total. The van der Waals surface area contributed by atoms with Crippen LogP contribution in [0.5, 0.6) is 0 Å². The summed E-state index contributed by atoms with van der Waals surface area (Å²) in [5.74, 6) is -2.37. The van der Waals surface area contributed by atoms with Crippen LogP contribution in [0.2, 0.25) is 0 Å². The Hall–Kier alpha value is -2.49. The van der Waals surface area contributed by atoms with Gasteiger partial charge in [-0.15, -0.1) is 0 Å². The fraction of sp³-hybridized carbons (Fsp3) is 0.480. The number of likely N-dealkylation sites (tertiary alicyclic amines) is 1. The maximum Gasteiger partial charge on any atom is 0.250 e. The zero-order valence-electron chi connectivity index (χ0n) is 18.9. The first-order chi connectivity index (χ1) is 16.4. The van der Waals surface area contributed by atoms with Crippen LogP contribution in [0.15, 0.2) is 42.5 Å². The highest BCUT2D eigenvalue weighted by molar-refractivity contribution is 9.09. The van der Waals surface area contributed by atoms with Crippen LogP contribution in [-0.2, 0) is 19.1 Å². The number of fused-ring (bicyclic) bond motifs is 2. The number of carbonyl (C=O) groups excluding carboxylic acids is 3. The molecule has 0 aromatic heterocycles. The average Bonchev–Trinajstić information content (AvgIpc) is 3.41. The second-order valence-corrected chi connectivity index (χ2v) is 10.4. The van der Waals surface area contributed by atoms with Gasteiger partial charge in [-0.25, -0.2) is 0 Å². The molecule has 3 heterocycles. The van der Waals surface area contributed by atoms with Crippen LogP contribution in [0.25, 0.3) is 10.8 Å². The van der Waals surface area contributed by atoms with E-state index in [9.17, 15) is 19.5 Å². The van der Waals surface area contributed by atoms with Crippen LogP contribution in [0.4, 0.5) is 5.69 Å². The molecule has 0 aliphatic carbocycles. The van der Waals surface area contributed by atoms with Crippen LogP contribution in [-0.4, -0.2) is 70.0 Å². The Morgan fingerprint density at radius 1 is 1.21 bits per heavy atom. The summed E-state index contributed by atoms with van der Waals surface area (Å²) in [6.45, 7) is 2.18. The molecule has 34 heavy (non-hydrogen) atoms. The smallest absolute Gasteiger partial charge is 0.250 e. The van der Waals surface area contributed by atoms with Gasteiger partial charge in [0.25, 0.3) is 0 Å². The second-order valence-electron chi connectivity index (χ2n) is 9.26. The number of rotatable bonds is 7. The minimum atomic E-state index is -1.12. The maximum atomic E-state index is 13.7. The van der Waals surface area contributed by atoms with Crippen LogP contribution in [0.3, 0.4) is 0 Å². The van der Waals surface area contributed by atoms with Crippen molar-refractivity contribution in [3.63, 3.8) is 0 Å². The third-order valence-corrected chi connectivity index (χ3v) is 8.09. The molecule has 1 spiro atoms. The van der Waals surface area contributed by atoms with E-state index in [0.717, 1.165) is 17.2 Å². The molecule has 2 aromatic rings. The number of aliphatic hydroxyl groups is 1. The van der Waals surface area contributed by atoms with Gasteiger partial charge in [0.1, 0.15) is 11.6 Å². The fourth-order valence-corrected chi connectivity index (χ4v) is 6.86. The standard InChI is InChI=1S/C25H28BrN3O5/c1-2-9-27-22(31)18-19-24(33)29(10-11-30)21(25(19)13-17(26)20(18)34-25)23(32)28-16-8-7-14-5-3-4-6-15(14)12-16/h3-8,12,17-21,30H,2,9-11,13H2,1H3,(H,27,31)(H,28,32)/t17?,18-,19+,20-,21?,25?/m1/s1. The van der Waals surface area contributed by atoms with Gasteiger partial charge in [0.15, 0.2) is 0 Å². The number of hydrogen-bond donors (Lipinski definition) is 3. The first kappa shape index (κ1) is 23.3. The van der Waals surface area contributed by atoms with Crippen molar-refractivity contribution < 1.29 is 24.2 Å². The number of ether oxygens (including phenoxy) is 1. The molecule has 2 aromatic carbocycles. The van der Waals surface area contributed by atoms with Crippen molar-refractivity contribution in [1.82, 2.24) is 10.2 Å². The zero-order valence-corrected chi connectivity index (χ0v) is 20.5. The van der Waals surface area contributed by atoms with Gasteiger partial charge in [0, 0.05) is 23.6 Å². The molecule has 3 aliphatic rings. The van der Waals surface area contributed by atoms with E-state index in [4.69, 9.17) is 4.74 Å². The summed E-state index contributed by atoms with van der Waals surface area (Å²) in [6.07, 6.45) is 0.723. The lowest BCUT2D eigenvalue weighted by Crippen LogP contribution is -2.54. The molecule has 3 saturated heterocycles. The number of amides is 3. The van der Waals surface area contributed by atoms with Gasteiger partial charge < -0.3 is 25.4 Å². The Morgan fingerprint density at radius 2 is 1.97 bits per heavy atom. The van der Waals surface area contributed by atoms with Crippen molar-refractivity contribution in [2.75, 3.05) is 25.0 Å². The summed E-state index contributed by atoms with van der Waals surface area (Å²) >= 11 is 3.64. The van der Waals surface area contributed by atoms with Crippen LogP contribution >= 0.6 is 15.9 Å². The zero-order chi connectivity index (χ0) is 24.0. The molecule has 9 heteroatoms.